The van der Waals surface area contributed by atoms with Gasteiger partial charge in [-0.3, -0.25) is 4.98 Å². The van der Waals surface area contributed by atoms with Crippen molar-refractivity contribution in [3.8, 4) is 0 Å². The fraction of sp³-hybridized carbons (Fsp3) is 0.357. The van der Waals surface area contributed by atoms with Crippen molar-refractivity contribution in [1.82, 2.24) is 4.98 Å². The third-order valence-corrected chi connectivity index (χ3v) is 3.48. The molecule has 0 bridgehead atoms. The van der Waals surface area contributed by atoms with E-state index in [1.54, 1.807) is 6.20 Å². The molecule has 0 amide bonds. The Hall–Kier alpha value is -1.77. The summed E-state index contributed by atoms with van der Waals surface area (Å²) in [7, 11) is 0. The number of nitrogen functional groups attached to an aromatic ring is 1. The van der Waals surface area contributed by atoms with Crippen molar-refractivity contribution in [3.63, 3.8) is 0 Å². The summed E-state index contributed by atoms with van der Waals surface area (Å²) in [5, 5.41) is 2.22. The largest absolute Gasteiger partial charge is 0.397 e. The third-order valence-electron chi connectivity index (χ3n) is 3.48. The van der Waals surface area contributed by atoms with Crippen LogP contribution in [0.3, 0.4) is 0 Å². The predicted octanol–water partition coefficient (Wildman–Crippen LogP) is 2.81. The minimum Gasteiger partial charge on any atom is -0.397 e. The zero-order chi connectivity index (χ0) is 11.8. The van der Waals surface area contributed by atoms with E-state index in [-0.39, 0.29) is 0 Å². The highest BCUT2D eigenvalue weighted by Crippen LogP contribution is 2.37. The lowest BCUT2D eigenvalue weighted by atomic mass is 10.1. The van der Waals surface area contributed by atoms with Crippen LogP contribution < -0.4 is 10.6 Å². The summed E-state index contributed by atoms with van der Waals surface area (Å²) in [4.78, 5) is 6.54. The molecule has 3 nitrogen and oxygen atoms in total. The minimum absolute atomic E-state index is 0.696. The molecule has 3 rings (SSSR count). The molecule has 1 aromatic carbocycles. The van der Waals surface area contributed by atoms with Gasteiger partial charge in [-0.2, -0.15) is 0 Å². The lowest BCUT2D eigenvalue weighted by Crippen LogP contribution is -2.25. The highest BCUT2D eigenvalue weighted by Gasteiger charge is 2.29. The van der Waals surface area contributed by atoms with Crippen LogP contribution in [0.1, 0.15) is 19.8 Å². The van der Waals surface area contributed by atoms with Gasteiger partial charge < -0.3 is 10.6 Å². The molecule has 1 aromatic heterocycles. The van der Waals surface area contributed by atoms with Gasteiger partial charge in [0, 0.05) is 35.8 Å². The number of pyridine rings is 1. The zero-order valence-corrected chi connectivity index (χ0v) is 10.1. The molecule has 2 aromatic rings. The first-order valence-corrected chi connectivity index (χ1v) is 6.20. The summed E-state index contributed by atoms with van der Waals surface area (Å²) in [6, 6.07) is 6.93. The van der Waals surface area contributed by atoms with E-state index < -0.39 is 0 Å². The Kier molecular flexibility index (Phi) is 2.39. The van der Waals surface area contributed by atoms with E-state index in [9.17, 15) is 0 Å². The van der Waals surface area contributed by atoms with Gasteiger partial charge in [-0.15, -0.1) is 0 Å². The molecule has 17 heavy (non-hydrogen) atoms. The molecule has 0 saturated heterocycles. The Bertz CT molecular complexity index is 546. The first-order chi connectivity index (χ1) is 8.31. The smallest absolute Gasteiger partial charge is 0.0632 e. The first-order valence-electron chi connectivity index (χ1n) is 6.20. The molecule has 0 spiro atoms. The Morgan fingerprint density at radius 1 is 1.35 bits per heavy atom. The number of hydrogen-bond acceptors (Lipinski definition) is 3. The Morgan fingerprint density at radius 3 is 2.88 bits per heavy atom. The summed E-state index contributed by atoms with van der Waals surface area (Å²) >= 11 is 0. The predicted molar refractivity (Wildman–Crippen MR) is 72.2 cm³/mol. The van der Waals surface area contributed by atoms with E-state index in [0.717, 1.165) is 23.0 Å². The highest BCUT2D eigenvalue weighted by atomic mass is 15.2. The van der Waals surface area contributed by atoms with Gasteiger partial charge in [0.2, 0.25) is 0 Å². The lowest BCUT2D eigenvalue weighted by molar-refractivity contribution is 0.828. The third kappa shape index (κ3) is 1.71. The molecule has 0 aliphatic heterocycles. The summed E-state index contributed by atoms with van der Waals surface area (Å²) < 4.78 is 0. The fourth-order valence-corrected chi connectivity index (χ4v) is 2.44. The molecular formula is C14H17N3. The second kappa shape index (κ2) is 3.91. The van der Waals surface area contributed by atoms with Crippen molar-refractivity contribution in [2.75, 3.05) is 17.2 Å². The van der Waals surface area contributed by atoms with Crippen molar-refractivity contribution < 1.29 is 0 Å². The SMILES string of the molecule is CCN(c1ccc2cnccc2c1N)C1CC1. The molecule has 0 atom stereocenters. The molecule has 1 fully saturated rings. The van der Waals surface area contributed by atoms with Crippen molar-refractivity contribution >= 4 is 22.1 Å². The van der Waals surface area contributed by atoms with Gasteiger partial charge in [0.05, 0.1) is 11.4 Å². The number of aromatic nitrogens is 1. The maximum Gasteiger partial charge on any atom is 0.0632 e. The molecule has 1 aliphatic carbocycles. The van der Waals surface area contributed by atoms with Crippen LogP contribution in [-0.4, -0.2) is 17.6 Å². The van der Waals surface area contributed by atoms with Crippen LogP contribution in [0.15, 0.2) is 30.6 Å². The summed E-state index contributed by atoms with van der Waals surface area (Å²) in [5.74, 6) is 0. The van der Waals surface area contributed by atoms with E-state index in [4.69, 9.17) is 5.73 Å². The second-order valence-electron chi connectivity index (χ2n) is 4.61. The van der Waals surface area contributed by atoms with E-state index in [0.29, 0.717) is 6.04 Å². The number of anilines is 2. The maximum absolute atomic E-state index is 6.29. The van der Waals surface area contributed by atoms with Crippen molar-refractivity contribution in [3.05, 3.63) is 30.6 Å². The summed E-state index contributed by atoms with van der Waals surface area (Å²) in [6.07, 6.45) is 6.25. The Labute approximate surface area is 101 Å². The topological polar surface area (TPSA) is 42.2 Å². The van der Waals surface area contributed by atoms with Gasteiger partial charge >= 0.3 is 0 Å². The molecule has 1 heterocycles. The quantitative estimate of drug-likeness (QED) is 0.820. The van der Waals surface area contributed by atoms with Crippen LogP contribution >= 0.6 is 0 Å². The minimum atomic E-state index is 0.696. The van der Waals surface area contributed by atoms with E-state index in [1.807, 2.05) is 12.3 Å². The van der Waals surface area contributed by atoms with Crippen LogP contribution in [0, 0.1) is 0 Å². The van der Waals surface area contributed by atoms with Gasteiger partial charge in [0.15, 0.2) is 0 Å². The number of fused-ring (bicyclic) bond motifs is 1. The van der Waals surface area contributed by atoms with E-state index in [2.05, 4.69) is 28.9 Å². The standard InChI is InChI=1S/C14H17N3/c1-2-17(11-4-5-11)13-6-3-10-9-16-8-7-12(10)14(13)15/h3,6-9,11H,2,4-5,15H2,1H3. The number of hydrogen-bond donors (Lipinski definition) is 1. The maximum atomic E-state index is 6.29. The van der Waals surface area contributed by atoms with E-state index >= 15 is 0 Å². The molecule has 88 valence electrons. The molecule has 0 unspecified atom stereocenters. The van der Waals surface area contributed by atoms with Gasteiger partial charge in [-0.25, -0.2) is 0 Å². The lowest BCUT2D eigenvalue weighted by Gasteiger charge is -2.25. The highest BCUT2D eigenvalue weighted by molar-refractivity contribution is 5.98. The molecule has 3 heteroatoms. The van der Waals surface area contributed by atoms with Crippen LogP contribution in [0.4, 0.5) is 11.4 Å². The normalized spacial score (nSPS) is 15.1. The number of nitrogens with zero attached hydrogens (tertiary/aromatic N) is 2. The molecule has 2 N–H and O–H groups in total. The van der Waals surface area contributed by atoms with Crippen LogP contribution in [0.2, 0.25) is 0 Å². The second-order valence-corrected chi connectivity index (χ2v) is 4.61. The average molecular weight is 227 g/mol. The fourth-order valence-electron chi connectivity index (χ4n) is 2.44. The Morgan fingerprint density at radius 2 is 2.18 bits per heavy atom. The van der Waals surface area contributed by atoms with Gasteiger partial charge in [0.1, 0.15) is 0 Å². The molecule has 0 radical (unpaired) electrons. The van der Waals surface area contributed by atoms with Crippen LogP contribution in [0.5, 0.6) is 0 Å². The van der Waals surface area contributed by atoms with Crippen molar-refractivity contribution in [2.45, 2.75) is 25.8 Å². The number of nitrogens with two attached hydrogens (primary N) is 1. The molecule has 1 aliphatic rings. The Balaban J connectivity index is 2.13. The average Bonchev–Trinajstić information content (AvgIpc) is 3.18. The number of benzene rings is 1. The molecular weight excluding hydrogens is 210 g/mol. The zero-order valence-electron chi connectivity index (χ0n) is 10.1. The van der Waals surface area contributed by atoms with Crippen molar-refractivity contribution in [1.29, 1.82) is 0 Å². The van der Waals surface area contributed by atoms with Crippen LogP contribution in [-0.2, 0) is 0 Å². The summed E-state index contributed by atoms with van der Waals surface area (Å²) in [5.41, 5.74) is 8.35. The van der Waals surface area contributed by atoms with Gasteiger partial charge in [0.25, 0.3) is 0 Å². The monoisotopic (exact) mass is 227 g/mol. The molecule has 1 saturated carbocycles. The summed E-state index contributed by atoms with van der Waals surface area (Å²) in [6.45, 7) is 3.21. The van der Waals surface area contributed by atoms with Crippen molar-refractivity contribution in [2.24, 2.45) is 0 Å². The van der Waals surface area contributed by atoms with E-state index in [1.165, 1.54) is 18.5 Å². The number of rotatable bonds is 3. The first kappa shape index (κ1) is 10.4. The van der Waals surface area contributed by atoms with Gasteiger partial charge in [-0.05, 0) is 31.9 Å². The van der Waals surface area contributed by atoms with Gasteiger partial charge in [-0.1, -0.05) is 6.07 Å². The van der Waals surface area contributed by atoms with Crippen LogP contribution in [0.25, 0.3) is 10.8 Å².